The van der Waals surface area contributed by atoms with Gasteiger partial charge in [-0.25, -0.2) is 8.42 Å². The number of hydrogen-bond donors (Lipinski definition) is 0. The zero-order valence-corrected chi connectivity index (χ0v) is 13.9. The average molecular weight is 335 g/mol. The zero-order chi connectivity index (χ0) is 17.2. The molecule has 24 heavy (non-hydrogen) atoms. The minimum Gasteiger partial charge on any atom is -0.257 e. The van der Waals surface area contributed by atoms with E-state index in [1.54, 1.807) is 48.7 Å². The molecule has 1 radical (unpaired) electrons. The Hall–Kier alpha value is -2.71. The fourth-order valence-electron chi connectivity index (χ4n) is 2.84. The van der Waals surface area contributed by atoms with Crippen molar-refractivity contribution in [3.8, 4) is 6.07 Å². The third kappa shape index (κ3) is 3.01. The van der Waals surface area contributed by atoms with Crippen molar-refractivity contribution in [1.29, 1.82) is 5.26 Å². The minimum atomic E-state index is -3.50. The molecule has 0 N–H and O–H groups in total. The molecule has 0 fully saturated rings. The van der Waals surface area contributed by atoms with E-state index in [1.807, 2.05) is 12.5 Å². The van der Waals surface area contributed by atoms with Gasteiger partial charge >= 0.3 is 0 Å². The first-order valence-corrected chi connectivity index (χ1v) is 9.29. The van der Waals surface area contributed by atoms with Crippen molar-refractivity contribution in [3.05, 3.63) is 82.9 Å². The number of aromatic nitrogens is 1. The highest BCUT2D eigenvalue weighted by molar-refractivity contribution is 7.95. The predicted molar refractivity (Wildman–Crippen MR) is 94.1 cm³/mol. The number of pyridine rings is 1. The SMILES string of the molecule is CS(=O)(=O)C1=C(c2ccccn2)C[CH]C=C1c1ccccc1C#N. The molecule has 1 aliphatic rings. The standard InChI is InChI=1S/C19H15N2O2S/c1-24(22,23)19-16(15-8-3-2-7-14(15)13-20)9-6-10-17(19)18-11-4-5-12-21-18/h2-9,11-12H,10H2,1H3. The smallest absolute Gasteiger partial charge is 0.176 e. The average Bonchev–Trinajstić information content (AvgIpc) is 2.61. The Kier molecular flexibility index (Phi) is 4.32. The second-order valence-corrected chi connectivity index (χ2v) is 7.42. The highest BCUT2D eigenvalue weighted by Crippen LogP contribution is 2.40. The lowest BCUT2D eigenvalue weighted by atomic mass is 9.90. The first-order chi connectivity index (χ1) is 11.5. The number of hydrogen-bond acceptors (Lipinski definition) is 4. The normalized spacial score (nSPS) is 14.9. The molecule has 1 aliphatic carbocycles. The van der Waals surface area contributed by atoms with Crippen LogP contribution in [0.5, 0.6) is 0 Å². The highest BCUT2D eigenvalue weighted by Gasteiger charge is 2.27. The third-order valence-electron chi connectivity index (χ3n) is 3.81. The Morgan fingerprint density at radius 3 is 2.54 bits per heavy atom. The molecule has 3 rings (SSSR count). The van der Waals surface area contributed by atoms with Crippen LogP contribution in [0.4, 0.5) is 0 Å². The fraction of sp³-hybridized carbons (Fsp3) is 0.105. The van der Waals surface area contributed by atoms with Crippen LogP contribution >= 0.6 is 0 Å². The Morgan fingerprint density at radius 2 is 1.88 bits per heavy atom. The quantitative estimate of drug-likeness (QED) is 0.862. The number of rotatable bonds is 3. The maximum Gasteiger partial charge on any atom is 0.176 e. The van der Waals surface area contributed by atoms with E-state index in [2.05, 4.69) is 11.1 Å². The van der Waals surface area contributed by atoms with Crippen molar-refractivity contribution in [2.45, 2.75) is 6.42 Å². The molecule has 0 amide bonds. The van der Waals surface area contributed by atoms with Crippen LogP contribution < -0.4 is 0 Å². The summed E-state index contributed by atoms with van der Waals surface area (Å²) in [5, 5.41) is 9.36. The molecule has 4 nitrogen and oxygen atoms in total. The molecule has 0 saturated carbocycles. The van der Waals surface area contributed by atoms with E-state index in [4.69, 9.17) is 0 Å². The predicted octanol–water partition coefficient (Wildman–Crippen LogP) is 3.40. The Labute approximate surface area is 141 Å². The molecule has 5 heteroatoms. The molecule has 0 saturated heterocycles. The summed E-state index contributed by atoms with van der Waals surface area (Å²) in [6.45, 7) is 0. The summed E-state index contributed by atoms with van der Waals surface area (Å²) in [5.41, 5.74) is 2.89. The molecule has 119 valence electrons. The number of nitriles is 1. The van der Waals surface area contributed by atoms with E-state index in [1.165, 1.54) is 6.26 Å². The monoisotopic (exact) mass is 335 g/mol. The number of sulfone groups is 1. The second kappa shape index (κ2) is 6.42. The van der Waals surface area contributed by atoms with Crippen LogP contribution in [0.25, 0.3) is 11.1 Å². The van der Waals surface area contributed by atoms with Gasteiger partial charge in [0.1, 0.15) is 0 Å². The van der Waals surface area contributed by atoms with Crippen molar-refractivity contribution in [3.63, 3.8) is 0 Å². The second-order valence-electron chi connectivity index (χ2n) is 5.47. The Balaban J connectivity index is 2.29. The zero-order valence-electron chi connectivity index (χ0n) is 13.1. The van der Waals surface area contributed by atoms with Crippen LogP contribution in [0.1, 0.15) is 23.2 Å². The van der Waals surface area contributed by atoms with Crippen molar-refractivity contribution in [2.24, 2.45) is 0 Å². The van der Waals surface area contributed by atoms with Gasteiger partial charge in [-0.3, -0.25) is 4.98 Å². The molecule has 0 unspecified atom stereocenters. The Bertz CT molecular complexity index is 982. The summed E-state index contributed by atoms with van der Waals surface area (Å²) in [7, 11) is -3.50. The lowest BCUT2D eigenvalue weighted by molar-refractivity contribution is 0.608. The van der Waals surface area contributed by atoms with Crippen LogP contribution in [0.15, 0.2) is 59.6 Å². The maximum absolute atomic E-state index is 12.5. The number of nitrogens with zero attached hydrogens (tertiary/aromatic N) is 2. The molecule has 0 spiro atoms. The summed E-state index contributed by atoms with van der Waals surface area (Å²) in [6, 6.07) is 14.6. The molecule has 0 bridgehead atoms. The van der Waals surface area contributed by atoms with Crippen LogP contribution in [-0.4, -0.2) is 19.7 Å². The fourth-order valence-corrected chi connectivity index (χ4v) is 4.05. The maximum atomic E-state index is 12.5. The minimum absolute atomic E-state index is 0.242. The summed E-state index contributed by atoms with van der Waals surface area (Å²) in [4.78, 5) is 4.54. The van der Waals surface area contributed by atoms with E-state index in [-0.39, 0.29) is 4.91 Å². The Morgan fingerprint density at radius 1 is 1.12 bits per heavy atom. The van der Waals surface area contributed by atoms with Crippen molar-refractivity contribution in [2.75, 3.05) is 6.26 Å². The van der Waals surface area contributed by atoms with E-state index >= 15 is 0 Å². The summed E-state index contributed by atoms with van der Waals surface area (Å²) in [5.74, 6) is 0. The van der Waals surface area contributed by atoms with E-state index in [0.717, 1.165) is 0 Å². The van der Waals surface area contributed by atoms with Gasteiger partial charge in [-0.05, 0) is 42.2 Å². The van der Waals surface area contributed by atoms with E-state index < -0.39 is 9.84 Å². The molecular weight excluding hydrogens is 320 g/mol. The summed E-state index contributed by atoms with van der Waals surface area (Å²) < 4.78 is 25.1. The molecule has 0 atom stereocenters. The van der Waals surface area contributed by atoms with Gasteiger partial charge in [0.25, 0.3) is 0 Å². The molecule has 2 aromatic rings. The first-order valence-electron chi connectivity index (χ1n) is 7.40. The van der Waals surface area contributed by atoms with Gasteiger partial charge in [0.05, 0.1) is 22.2 Å². The third-order valence-corrected chi connectivity index (χ3v) is 5.02. The highest BCUT2D eigenvalue weighted by atomic mass is 32.2. The molecule has 0 aliphatic heterocycles. The summed E-state index contributed by atoms with van der Waals surface area (Å²) in [6.07, 6.45) is 7.00. The van der Waals surface area contributed by atoms with Gasteiger partial charge in [-0.2, -0.15) is 5.26 Å². The van der Waals surface area contributed by atoms with Gasteiger partial charge in [0.2, 0.25) is 0 Å². The molecule has 1 heterocycles. The van der Waals surface area contributed by atoms with Crippen LogP contribution in [0.3, 0.4) is 0 Å². The van der Waals surface area contributed by atoms with Gasteiger partial charge in [0.15, 0.2) is 9.84 Å². The molecule has 1 aromatic heterocycles. The molecular formula is C19H15N2O2S. The van der Waals surface area contributed by atoms with Crippen LogP contribution in [-0.2, 0) is 9.84 Å². The van der Waals surface area contributed by atoms with Crippen molar-refractivity contribution in [1.82, 2.24) is 4.98 Å². The lowest BCUT2D eigenvalue weighted by Crippen LogP contribution is -2.11. The summed E-state index contributed by atoms with van der Waals surface area (Å²) >= 11 is 0. The number of allylic oxidation sites excluding steroid dienone is 3. The van der Waals surface area contributed by atoms with Gasteiger partial charge < -0.3 is 0 Å². The lowest BCUT2D eigenvalue weighted by Gasteiger charge is -2.21. The van der Waals surface area contributed by atoms with Gasteiger partial charge in [-0.1, -0.05) is 30.3 Å². The first kappa shape index (κ1) is 16.2. The van der Waals surface area contributed by atoms with Crippen molar-refractivity contribution < 1.29 is 8.42 Å². The van der Waals surface area contributed by atoms with E-state index in [9.17, 15) is 13.7 Å². The van der Waals surface area contributed by atoms with Crippen molar-refractivity contribution >= 4 is 21.0 Å². The molecule has 1 aromatic carbocycles. The van der Waals surface area contributed by atoms with Gasteiger partial charge in [0, 0.05) is 18.0 Å². The topological polar surface area (TPSA) is 70.8 Å². The number of benzene rings is 1. The largest absolute Gasteiger partial charge is 0.257 e. The van der Waals surface area contributed by atoms with Crippen LogP contribution in [0.2, 0.25) is 0 Å². The van der Waals surface area contributed by atoms with Gasteiger partial charge in [-0.15, -0.1) is 0 Å². The van der Waals surface area contributed by atoms with E-state index in [0.29, 0.717) is 34.4 Å². The van der Waals surface area contributed by atoms with Crippen LogP contribution in [0, 0.1) is 17.8 Å².